The molecule has 174 valence electrons. The van der Waals surface area contributed by atoms with Crippen molar-refractivity contribution in [3.63, 3.8) is 0 Å². The number of likely N-dealkylation sites (tertiary alicyclic amines) is 1. The van der Waals surface area contributed by atoms with Crippen LogP contribution in [0.3, 0.4) is 0 Å². The molecular formula is C20H27F3N2O5S. The molecule has 3 fully saturated rings. The van der Waals surface area contributed by atoms with E-state index in [4.69, 9.17) is 14.6 Å². The van der Waals surface area contributed by atoms with E-state index in [1.54, 1.807) is 16.4 Å². The number of hydrogen-bond acceptors (Lipinski definition) is 5. The Balaban J connectivity index is 0.000000339. The summed E-state index contributed by atoms with van der Waals surface area (Å²) in [5.74, 6) is -1.95. The van der Waals surface area contributed by atoms with Gasteiger partial charge in [-0.1, -0.05) is 17.7 Å². The Morgan fingerprint density at radius 1 is 1.16 bits per heavy atom. The number of nitrogens with zero attached hydrogens (tertiary/aromatic N) is 2. The molecule has 1 N–H and O–H groups in total. The highest BCUT2D eigenvalue weighted by molar-refractivity contribution is 7.89. The van der Waals surface area contributed by atoms with Crippen LogP contribution in [0, 0.1) is 18.8 Å². The summed E-state index contributed by atoms with van der Waals surface area (Å²) in [4.78, 5) is 11.8. The molecule has 3 aliphatic rings. The van der Waals surface area contributed by atoms with Crippen molar-refractivity contribution in [2.75, 3.05) is 39.3 Å². The highest BCUT2D eigenvalue weighted by Crippen LogP contribution is 2.37. The number of benzene rings is 1. The monoisotopic (exact) mass is 464 g/mol. The molecule has 3 aliphatic heterocycles. The van der Waals surface area contributed by atoms with E-state index < -0.39 is 22.2 Å². The molecule has 1 aromatic carbocycles. The molecule has 3 atom stereocenters. The van der Waals surface area contributed by atoms with Gasteiger partial charge in [0.25, 0.3) is 0 Å². The van der Waals surface area contributed by atoms with E-state index in [2.05, 4.69) is 4.90 Å². The van der Waals surface area contributed by atoms with E-state index in [0.717, 1.165) is 18.7 Å². The standard InChI is InChI=1S/C18H26N2O3S.C2HF3O2/c1-14-4-6-16(7-5-14)24(21,22)20-11-17-15(13-23-18(17)12-20)10-19-8-2-3-9-19;3-2(4,5)1(6)7/h4-7,15,17-18H,2-3,8-13H2,1H3;(H,6,7)/t15-,17+,18+;/m0./s1. The molecule has 0 aliphatic carbocycles. The van der Waals surface area contributed by atoms with Crippen LogP contribution < -0.4 is 0 Å². The van der Waals surface area contributed by atoms with Crippen LogP contribution in [0.1, 0.15) is 18.4 Å². The van der Waals surface area contributed by atoms with E-state index in [9.17, 15) is 21.6 Å². The minimum Gasteiger partial charge on any atom is -0.475 e. The first kappa shape index (κ1) is 24.0. The number of carboxylic acids is 1. The summed E-state index contributed by atoms with van der Waals surface area (Å²) in [7, 11) is -3.41. The van der Waals surface area contributed by atoms with E-state index >= 15 is 0 Å². The summed E-state index contributed by atoms with van der Waals surface area (Å²) in [6.45, 7) is 7.26. The van der Waals surface area contributed by atoms with Gasteiger partial charge in [0.15, 0.2) is 0 Å². The molecule has 0 saturated carbocycles. The Labute approximate surface area is 179 Å². The van der Waals surface area contributed by atoms with Gasteiger partial charge in [0.2, 0.25) is 10.0 Å². The first-order chi connectivity index (χ1) is 14.5. The molecular weight excluding hydrogens is 437 g/mol. The second kappa shape index (κ2) is 9.43. The fraction of sp³-hybridized carbons (Fsp3) is 0.650. The van der Waals surface area contributed by atoms with Gasteiger partial charge in [-0.15, -0.1) is 0 Å². The van der Waals surface area contributed by atoms with Crippen molar-refractivity contribution in [2.24, 2.45) is 11.8 Å². The van der Waals surface area contributed by atoms with Gasteiger partial charge in [-0.25, -0.2) is 13.2 Å². The largest absolute Gasteiger partial charge is 0.490 e. The van der Waals surface area contributed by atoms with Gasteiger partial charge >= 0.3 is 12.1 Å². The molecule has 0 spiro atoms. The number of halogens is 3. The Morgan fingerprint density at radius 2 is 1.74 bits per heavy atom. The first-order valence-electron chi connectivity index (χ1n) is 10.2. The predicted octanol–water partition coefficient (Wildman–Crippen LogP) is 2.36. The summed E-state index contributed by atoms with van der Waals surface area (Å²) >= 11 is 0. The maximum atomic E-state index is 12.9. The first-order valence-corrected chi connectivity index (χ1v) is 11.6. The number of rotatable bonds is 4. The molecule has 0 unspecified atom stereocenters. The van der Waals surface area contributed by atoms with Crippen molar-refractivity contribution in [1.82, 2.24) is 9.21 Å². The molecule has 4 rings (SSSR count). The lowest BCUT2D eigenvalue weighted by Crippen LogP contribution is -2.34. The van der Waals surface area contributed by atoms with Gasteiger partial charge < -0.3 is 14.7 Å². The summed E-state index contributed by atoms with van der Waals surface area (Å²) in [6.07, 6.45) is -2.44. The predicted molar refractivity (Wildman–Crippen MR) is 106 cm³/mol. The van der Waals surface area contributed by atoms with Crippen molar-refractivity contribution in [1.29, 1.82) is 0 Å². The molecule has 0 aromatic heterocycles. The fourth-order valence-electron chi connectivity index (χ4n) is 4.30. The number of aliphatic carboxylic acids is 1. The SMILES string of the molecule is Cc1ccc(S(=O)(=O)N2C[C@@H]3[C@@H](CN4CCCC4)CO[C@@H]3C2)cc1.O=C(O)C(F)(F)F. The third-order valence-electron chi connectivity index (χ3n) is 6.00. The maximum Gasteiger partial charge on any atom is 0.490 e. The summed E-state index contributed by atoms with van der Waals surface area (Å²) in [5.41, 5.74) is 1.07. The van der Waals surface area contributed by atoms with Crippen LogP contribution in [0.4, 0.5) is 13.2 Å². The average molecular weight is 465 g/mol. The second-order valence-corrected chi connectivity index (χ2v) is 10.2. The number of sulfonamides is 1. The number of ether oxygens (including phenoxy) is 1. The topological polar surface area (TPSA) is 87.2 Å². The van der Waals surface area contributed by atoms with Crippen molar-refractivity contribution in [3.8, 4) is 0 Å². The molecule has 7 nitrogen and oxygen atoms in total. The third kappa shape index (κ3) is 5.76. The molecule has 11 heteroatoms. The van der Waals surface area contributed by atoms with Gasteiger partial charge in [0.1, 0.15) is 0 Å². The van der Waals surface area contributed by atoms with Gasteiger partial charge in [-0.05, 0) is 45.0 Å². The van der Waals surface area contributed by atoms with Crippen molar-refractivity contribution in [3.05, 3.63) is 29.8 Å². The van der Waals surface area contributed by atoms with Crippen LogP contribution in [0.2, 0.25) is 0 Å². The third-order valence-corrected chi connectivity index (χ3v) is 7.84. The van der Waals surface area contributed by atoms with Crippen LogP contribution in [-0.2, 0) is 19.6 Å². The van der Waals surface area contributed by atoms with Crippen LogP contribution in [0.15, 0.2) is 29.2 Å². The highest BCUT2D eigenvalue weighted by Gasteiger charge is 2.47. The molecule has 1 aromatic rings. The number of carbonyl (C=O) groups is 1. The molecule has 0 bridgehead atoms. The number of aryl methyl sites for hydroxylation is 1. The zero-order valence-corrected chi connectivity index (χ0v) is 18.0. The van der Waals surface area contributed by atoms with Crippen LogP contribution in [0.25, 0.3) is 0 Å². The smallest absolute Gasteiger partial charge is 0.475 e. The fourth-order valence-corrected chi connectivity index (χ4v) is 5.79. The van der Waals surface area contributed by atoms with Gasteiger partial charge in [0, 0.05) is 31.5 Å². The Bertz CT molecular complexity index is 870. The average Bonchev–Trinajstić information content (AvgIpc) is 3.41. The van der Waals surface area contributed by atoms with Gasteiger partial charge in [-0.2, -0.15) is 17.5 Å². The zero-order valence-electron chi connectivity index (χ0n) is 17.2. The van der Waals surface area contributed by atoms with E-state index in [-0.39, 0.29) is 6.10 Å². The summed E-state index contributed by atoms with van der Waals surface area (Å²) in [6, 6.07) is 7.13. The lowest BCUT2D eigenvalue weighted by Gasteiger charge is -2.24. The normalized spacial score (nSPS) is 27.0. The van der Waals surface area contributed by atoms with E-state index in [0.29, 0.717) is 29.8 Å². The van der Waals surface area contributed by atoms with Crippen LogP contribution in [0.5, 0.6) is 0 Å². The molecule has 0 radical (unpaired) electrons. The lowest BCUT2D eigenvalue weighted by molar-refractivity contribution is -0.192. The van der Waals surface area contributed by atoms with Gasteiger partial charge in [-0.3, -0.25) is 0 Å². The Hall–Kier alpha value is -1.69. The van der Waals surface area contributed by atoms with Crippen molar-refractivity contribution in [2.45, 2.75) is 36.9 Å². The van der Waals surface area contributed by atoms with Gasteiger partial charge in [0.05, 0.1) is 17.6 Å². The molecule has 3 saturated heterocycles. The maximum absolute atomic E-state index is 12.9. The Morgan fingerprint density at radius 3 is 2.29 bits per heavy atom. The minimum absolute atomic E-state index is 0.0674. The molecule has 3 heterocycles. The molecule has 0 amide bonds. The summed E-state index contributed by atoms with van der Waals surface area (Å²) in [5, 5.41) is 7.12. The van der Waals surface area contributed by atoms with E-state index in [1.165, 1.54) is 25.9 Å². The van der Waals surface area contributed by atoms with Crippen LogP contribution >= 0.6 is 0 Å². The van der Waals surface area contributed by atoms with Crippen molar-refractivity contribution < 1.29 is 36.2 Å². The Kier molecular flexibility index (Phi) is 7.29. The zero-order chi connectivity index (χ0) is 22.8. The minimum atomic E-state index is -5.08. The number of hydrogen-bond donors (Lipinski definition) is 1. The quantitative estimate of drug-likeness (QED) is 0.736. The van der Waals surface area contributed by atoms with Crippen LogP contribution in [-0.4, -0.2) is 80.3 Å². The number of fused-ring (bicyclic) bond motifs is 1. The second-order valence-electron chi connectivity index (χ2n) is 8.24. The molecule has 31 heavy (non-hydrogen) atoms. The summed E-state index contributed by atoms with van der Waals surface area (Å²) < 4.78 is 65.1. The number of carboxylic acid groups (broad SMARTS) is 1. The van der Waals surface area contributed by atoms with E-state index in [1.807, 2.05) is 19.1 Å². The van der Waals surface area contributed by atoms with Crippen molar-refractivity contribution >= 4 is 16.0 Å². The lowest BCUT2D eigenvalue weighted by atomic mass is 9.93. The number of alkyl halides is 3. The highest BCUT2D eigenvalue weighted by atomic mass is 32.2.